The van der Waals surface area contributed by atoms with Crippen LogP contribution in [0.5, 0.6) is 0 Å². The molecular weight excluding hydrogens is 375 g/mol. The fourth-order valence-electron chi connectivity index (χ4n) is 3.42. The second-order valence-electron chi connectivity index (χ2n) is 7.38. The smallest absolute Gasteiger partial charge is 0.228 e. The normalized spacial score (nSPS) is 12.0. The third kappa shape index (κ3) is 3.39. The van der Waals surface area contributed by atoms with Gasteiger partial charge in [0.2, 0.25) is 0 Å². The highest BCUT2D eigenvalue weighted by Crippen LogP contribution is 2.38. The molecule has 2 aromatic heterocycles. The standard InChI is InChI=1S/C23H20F3N3/c1-13-5-8-17(9-6-13)20-12-19(23(24,25)26)21-16(4)28-29(22(21)27-20)18-10-7-14(2)15(3)11-18/h5-12H,1-4H3. The van der Waals surface area contributed by atoms with Crippen molar-refractivity contribution >= 4 is 11.0 Å². The maximum Gasteiger partial charge on any atom is 0.417 e. The zero-order chi connectivity index (χ0) is 20.9. The lowest BCUT2D eigenvalue weighted by molar-refractivity contribution is -0.136. The Morgan fingerprint density at radius 2 is 1.52 bits per heavy atom. The summed E-state index contributed by atoms with van der Waals surface area (Å²) in [5.41, 5.74) is 4.55. The molecule has 0 amide bonds. The Labute approximate surface area is 166 Å². The molecule has 0 unspecified atom stereocenters. The van der Waals surface area contributed by atoms with Crippen molar-refractivity contribution < 1.29 is 13.2 Å². The van der Waals surface area contributed by atoms with Gasteiger partial charge >= 0.3 is 6.18 Å². The number of aryl methyl sites for hydroxylation is 4. The van der Waals surface area contributed by atoms with Crippen LogP contribution >= 0.6 is 0 Å². The number of hydrogen-bond acceptors (Lipinski definition) is 2. The minimum absolute atomic E-state index is 0.0339. The van der Waals surface area contributed by atoms with Crippen molar-refractivity contribution in [1.29, 1.82) is 0 Å². The molecular formula is C23H20F3N3. The van der Waals surface area contributed by atoms with Gasteiger partial charge in [-0.25, -0.2) is 9.67 Å². The molecule has 0 saturated heterocycles. The number of aromatic nitrogens is 3. The summed E-state index contributed by atoms with van der Waals surface area (Å²) in [5.74, 6) is 0. The van der Waals surface area contributed by atoms with Crippen molar-refractivity contribution in [2.24, 2.45) is 0 Å². The molecule has 0 radical (unpaired) electrons. The lowest BCUT2D eigenvalue weighted by atomic mass is 10.0. The predicted octanol–water partition coefficient (Wildman–Crippen LogP) is 6.34. The van der Waals surface area contributed by atoms with Gasteiger partial charge in [-0.3, -0.25) is 0 Å². The van der Waals surface area contributed by atoms with Crippen LogP contribution in [0.3, 0.4) is 0 Å². The lowest BCUT2D eigenvalue weighted by Gasteiger charge is -2.12. The highest BCUT2D eigenvalue weighted by molar-refractivity contribution is 5.87. The van der Waals surface area contributed by atoms with E-state index in [1.54, 1.807) is 19.1 Å². The van der Waals surface area contributed by atoms with Gasteiger partial charge in [-0.05, 0) is 57.0 Å². The summed E-state index contributed by atoms with van der Waals surface area (Å²) >= 11 is 0. The molecule has 0 spiro atoms. The number of rotatable bonds is 2. The van der Waals surface area contributed by atoms with Crippen LogP contribution in [0, 0.1) is 27.7 Å². The fraction of sp³-hybridized carbons (Fsp3) is 0.217. The molecule has 4 aromatic rings. The largest absolute Gasteiger partial charge is 0.417 e. The highest BCUT2D eigenvalue weighted by atomic mass is 19.4. The number of pyridine rings is 1. The second-order valence-corrected chi connectivity index (χ2v) is 7.38. The van der Waals surface area contributed by atoms with Gasteiger partial charge in [-0.1, -0.05) is 35.9 Å². The van der Waals surface area contributed by atoms with E-state index in [0.717, 1.165) is 22.8 Å². The lowest BCUT2D eigenvalue weighted by Crippen LogP contribution is -2.08. The summed E-state index contributed by atoms with van der Waals surface area (Å²) in [6, 6.07) is 14.1. The third-order valence-electron chi connectivity index (χ3n) is 5.20. The topological polar surface area (TPSA) is 30.7 Å². The van der Waals surface area contributed by atoms with Crippen LogP contribution in [-0.2, 0) is 6.18 Å². The zero-order valence-electron chi connectivity index (χ0n) is 16.6. The molecule has 0 bridgehead atoms. The van der Waals surface area contributed by atoms with Gasteiger partial charge in [0.1, 0.15) is 0 Å². The van der Waals surface area contributed by atoms with Crippen molar-refractivity contribution in [3.05, 3.63) is 76.5 Å². The van der Waals surface area contributed by atoms with E-state index in [0.29, 0.717) is 16.9 Å². The third-order valence-corrected chi connectivity index (χ3v) is 5.20. The van der Waals surface area contributed by atoms with Gasteiger partial charge in [0, 0.05) is 5.56 Å². The van der Waals surface area contributed by atoms with Crippen LogP contribution in [0.15, 0.2) is 48.5 Å². The van der Waals surface area contributed by atoms with Crippen LogP contribution in [-0.4, -0.2) is 14.8 Å². The summed E-state index contributed by atoms with van der Waals surface area (Å²) in [6.07, 6.45) is -4.51. The maximum absolute atomic E-state index is 13.9. The van der Waals surface area contributed by atoms with Gasteiger partial charge in [-0.2, -0.15) is 18.3 Å². The number of alkyl halides is 3. The van der Waals surface area contributed by atoms with E-state index in [9.17, 15) is 13.2 Å². The monoisotopic (exact) mass is 395 g/mol. The first-order chi connectivity index (χ1) is 13.6. The first-order valence-corrected chi connectivity index (χ1v) is 9.27. The van der Waals surface area contributed by atoms with E-state index in [-0.39, 0.29) is 16.7 Å². The second kappa shape index (κ2) is 6.72. The summed E-state index contributed by atoms with van der Waals surface area (Å²) < 4.78 is 43.3. The van der Waals surface area contributed by atoms with Crippen LogP contribution < -0.4 is 0 Å². The molecule has 148 valence electrons. The maximum atomic E-state index is 13.9. The highest BCUT2D eigenvalue weighted by Gasteiger charge is 2.35. The molecule has 0 aliphatic carbocycles. The molecule has 4 rings (SSSR count). The van der Waals surface area contributed by atoms with E-state index in [4.69, 9.17) is 0 Å². The molecule has 3 nitrogen and oxygen atoms in total. The molecule has 0 N–H and O–H groups in total. The minimum atomic E-state index is -4.51. The van der Waals surface area contributed by atoms with Crippen molar-refractivity contribution in [3.63, 3.8) is 0 Å². The Hall–Kier alpha value is -3.15. The average molecular weight is 395 g/mol. The first kappa shape index (κ1) is 19.2. The molecule has 0 saturated carbocycles. The van der Waals surface area contributed by atoms with Gasteiger partial charge < -0.3 is 0 Å². The Bertz CT molecular complexity index is 1220. The molecule has 2 aromatic carbocycles. The Kier molecular flexibility index (Phi) is 4.45. The number of benzene rings is 2. The van der Waals surface area contributed by atoms with Crippen molar-refractivity contribution in [3.8, 4) is 16.9 Å². The van der Waals surface area contributed by atoms with Gasteiger partial charge in [0.25, 0.3) is 0 Å². The Morgan fingerprint density at radius 3 is 2.14 bits per heavy atom. The SMILES string of the molecule is Cc1ccc(-c2cc(C(F)(F)F)c3c(C)nn(-c4ccc(C)c(C)c4)c3n2)cc1. The zero-order valence-corrected chi connectivity index (χ0v) is 16.6. The van der Waals surface area contributed by atoms with E-state index < -0.39 is 11.7 Å². The quantitative estimate of drug-likeness (QED) is 0.396. The van der Waals surface area contributed by atoms with E-state index in [1.807, 2.05) is 51.1 Å². The van der Waals surface area contributed by atoms with Crippen LogP contribution in [0.4, 0.5) is 13.2 Å². The van der Waals surface area contributed by atoms with Gasteiger partial charge in [0.05, 0.1) is 28.0 Å². The fourth-order valence-corrected chi connectivity index (χ4v) is 3.42. The first-order valence-electron chi connectivity index (χ1n) is 9.27. The summed E-state index contributed by atoms with van der Waals surface area (Å²) in [5, 5.41) is 4.44. The molecule has 6 heteroatoms. The van der Waals surface area contributed by atoms with Crippen LogP contribution in [0.1, 0.15) is 27.9 Å². The van der Waals surface area contributed by atoms with E-state index in [2.05, 4.69) is 10.1 Å². The number of fused-ring (bicyclic) bond motifs is 1. The van der Waals surface area contributed by atoms with Crippen molar-refractivity contribution in [2.45, 2.75) is 33.9 Å². The van der Waals surface area contributed by atoms with Gasteiger partial charge in [-0.15, -0.1) is 0 Å². The minimum Gasteiger partial charge on any atom is -0.228 e. The van der Waals surface area contributed by atoms with Crippen molar-refractivity contribution in [1.82, 2.24) is 14.8 Å². The molecule has 29 heavy (non-hydrogen) atoms. The van der Waals surface area contributed by atoms with E-state index in [1.165, 1.54) is 4.68 Å². The Balaban J connectivity index is 2.05. The predicted molar refractivity (Wildman–Crippen MR) is 108 cm³/mol. The van der Waals surface area contributed by atoms with E-state index >= 15 is 0 Å². The molecule has 0 aliphatic rings. The number of halogens is 3. The van der Waals surface area contributed by atoms with Crippen molar-refractivity contribution in [2.75, 3.05) is 0 Å². The molecule has 2 heterocycles. The van der Waals surface area contributed by atoms with Crippen LogP contribution in [0.2, 0.25) is 0 Å². The summed E-state index contributed by atoms with van der Waals surface area (Å²) in [4.78, 5) is 4.60. The Morgan fingerprint density at radius 1 is 0.828 bits per heavy atom. The van der Waals surface area contributed by atoms with Crippen LogP contribution in [0.25, 0.3) is 28.0 Å². The number of nitrogens with zero attached hydrogens (tertiary/aromatic N) is 3. The van der Waals surface area contributed by atoms with Gasteiger partial charge in [0.15, 0.2) is 5.65 Å². The number of hydrogen-bond donors (Lipinski definition) is 0. The summed E-state index contributed by atoms with van der Waals surface area (Å²) in [7, 11) is 0. The molecule has 0 aliphatic heterocycles. The molecule has 0 atom stereocenters. The summed E-state index contributed by atoms with van der Waals surface area (Å²) in [6.45, 7) is 7.47. The average Bonchev–Trinajstić information content (AvgIpc) is 3.00. The molecule has 0 fully saturated rings.